The van der Waals surface area contributed by atoms with Crippen molar-refractivity contribution in [1.29, 1.82) is 0 Å². The summed E-state index contributed by atoms with van der Waals surface area (Å²) in [5, 5.41) is 6.82. The summed E-state index contributed by atoms with van der Waals surface area (Å²) in [5.41, 5.74) is 1.29. The van der Waals surface area contributed by atoms with Crippen LogP contribution in [0.1, 0.15) is 10.4 Å². The number of carbonyl (C=O) groups is 1. The van der Waals surface area contributed by atoms with Gasteiger partial charge in [0.2, 0.25) is 0 Å². The fourth-order valence-electron chi connectivity index (χ4n) is 1.08. The predicted octanol–water partition coefficient (Wildman–Crippen LogP) is 3.05. The summed E-state index contributed by atoms with van der Waals surface area (Å²) in [6, 6.07) is 4.99. The van der Waals surface area contributed by atoms with Crippen molar-refractivity contribution >= 4 is 34.5 Å². The molecule has 0 aromatic carbocycles. The van der Waals surface area contributed by atoms with Crippen molar-refractivity contribution in [3.63, 3.8) is 0 Å². The largest absolute Gasteiger partial charge is 0.321 e. The van der Waals surface area contributed by atoms with Gasteiger partial charge in [-0.3, -0.25) is 4.79 Å². The lowest BCUT2D eigenvalue weighted by atomic mass is 10.2. The standard InChI is InChI=1S/C10H7ClN2OS/c11-9-5-7(1-3-12-9)10(14)13-8-2-4-15-6-8/h1-6H,(H,13,14). The fraction of sp³-hybridized carbons (Fsp3) is 0. The first-order valence-electron chi connectivity index (χ1n) is 4.21. The summed E-state index contributed by atoms with van der Waals surface area (Å²) in [6.45, 7) is 0. The number of thiophene rings is 1. The van der Waals surface area contributed by atoms with E-state index in [0.29, 0.717) is 10.7 Å². The second kappa shape index (κ2) is 4.42. The Morgan fingerprint density at radius 2 is 2.33 bits per heavy atom. The molecule has 0 aliphatic rings. The van der Waals surface area contributed by atoms with Crippen LogP contribution in [-0.2, 0) is 0 Å². The maximum Gasteiger partial charge on any atom is 0.255 e. The Hall–Kier alpha value is -1.39. The summed E-state index contributed by atoms with van der Waals surface area (Å²) in [6.07, 6.45) is 1.50. The van der Waals surface area contributed by atoms with Gasteiger partial charge in [0.25, 0.3) is 5.91 Å². The molecular weight excluding hydrogens is 232 g/mol. The van der Waals surface area contributed by atoms with E-state index in [1.165, 1.54) is 23.6 Å². The molecule has 2 aromatic heterocycles. The second-order valence-corrected chi connectivity index (χ2v) is 4.00. The van der Waals surface area contributed by atoms with Gasteiger partial charge >= 0.3 is 0 Å². The average Bonchev–Trinajstić information content (AvgIpc) is 2.70. The van der Waals surface area contributed by atoms with Gasteiger partial charge in [0, 0.05) is 17.1 Å². The van der Waals surface area contributed by atoms with E-state index in [0.717, 1.165) is 5.69 Å². The van der Waals surface area contributed by atoms with Crippen LogP contribution in [0.5, 0.6) is 0 Å². The van der Waals surface area contributed by atoms with Gasteiger partial charge in [0.1, 0.15) is 5.15 Å². The summed E-state index contributed by atoms with van der Waals surface area (Å²) < 4.78 is 0. The fourth-order valence-corrected chi connectivity index (χ4v) is 1.84. The number of amides is 1. The Morgan fingerprint density at radius 3 is 3.00 bits per heavy atom. The SMILES string of the molecule is O=C(Nc1ccsc1)c1ccnc(Cl)c1. The van der Waals surface area contributed by atoms with E-state index in [1.54, 1.807) is 6.07 Å². The molecule has 2 aromatic rings. The molecule has 0 unspecified atom stereocenters. The van der Waals surface area contributed by atoms with E-state index < -0.39 is 0 Å². The Kier molecular flexibility index (Phi) is 2.99. The molecule has 0 aliphatic heterocycles. The van der Waals surface area contributed by atoms with Gasteiger partial charge in [-0.15, -0.1) is 0 Å². The van der Waals surface area contributed by atoms with Crippen LogP contribution in [0.4, 0.5) is 5.69 Å². The number of hydrogen-bond donors (Lipinski definition) is 1. The molecular formula is C10H7ClN2OS. The molecule has 0 aliphatic carbocycles. The molecule has 0 radical (unpaired) electrons. The first kappa shape index (κ1) is 10.1. The van der Waals surface area contributed by atoms with Crippen LogP contribution < -0.4 is 5.32 Å². The Bertz CT molecular complexity index is 470. The van der Waals surface area contributed by atoms with Crippen LogP contribution in [-0.4, -0.2) is 10.9 Å². The average molecular weight is 239 g/mol. The number of carbonyl (C=O) groups excluding carboxylic acids is 1. The molecule has 0 spiro atoms. The molecule has 5 heteroatoms. The number of hydrogen-bond acceptors (Lipinski definition) is 3. The zero-order valence-electron chi connectivity index (χ0n) is 7.61. The van der Waals surface area contributed by atoms with E-state index in [-0.39, 0.29) is 5.91 Å². The van der Waals surface area contributed by atoms with Crippen molar-refractivity contribution in [1.82, 2.24) is 4.98 Å². The van der Waals surface area contributed by atoms with Crippen LogP contribution in [0.3, 0.4) is 0 Å². The molecule has 1 amide bonds. The molecule has 3 nitrogen and oxygen atoms in total. The lowest BCUT2D eigenvalue weighted by Gasteiger charge is -2.02. The summed E-state index contributed by atoms with van der Waals surface area (Å²) in [4.78, 5) is 15.5. The molecule has 0 saturated carbocycles. The number of halogens is 1. The van der Waals surface area contributed by atoms with E-state index >= 15 is 0 Å². The van der Waals surface area contributed by atoms with Crippen LogP contribution in [0.25, 0.3) is 0 Å². The van der Waals surface area contributed by atoms with Crippen molar-refractivity contribution in [2.45, 2.75) is 0 Å². The lowest BCUT2D eigenvalue weighted by Crippen LogP contribution is -2.11. The Morgan fingerprint density at radius 1 is 1.47 bits per heavy atom. The second-order valence-electron chi connectivity index (χ2n) is 2.83. The number of pyridine rings is 1. The highest BCUT2D eigenvalue weighted by Crippen LogP contribution is 2.14. The molecule has 0 atom stereocenters. The van der Waals surface area contributed by atoms with Crippen molar-refractivity contribution in [3.05, 3.63) is 45.9 Å². The van der Waals surface area contributed by atoms with Gasteiger partial charge in [-0.1, -0.05) is 11.6 Å². The summed E-state index contributed by atoms with van der Waals surface area (Å²) in [7, 11) is 0. The molecule has 76 valence electrons. The predicted molar refractivity (Wildman–Crippen MR) is 61.5 cm³/mol. The summed E-state index contributed by atoms with van der Waals surface area (Å²) in [5.74, 6) is -0.183. The highest BCUT2D eigenvalue weighted by Gasteiger charge is 2.06. The number of aromatic nitrogens is 1. The highest BCUT2D eigenvalue weighted by atomic mass is 35.5. The van der Waals surface area contributed by atoms with Gasteiger partial charge in [-0.25, -0.2) is 4.98 Å². The third-order valence-electron chi connectivity index (χ3n) is 1.77. The number of nitrogens with zero attached hydrogens (tertiary/aromatic N) is 1. The summed E-state index contributed by atoms with van der Waals surface area (Å²) >= 11 is 7.21. The first-order valence-corrected chi connectivity index (χ1v) is 5.53. The molecule has 0 bridgehead atoms. The smallest absolute Gasteiger partial charge is 0.255 e. The molecule has 15 heavy (non-hydrogen) atoms. The molecule has 2 heterocycles. The zero-order valence-corrected chi connectivity index (χ0v) is 9.18. The number of anilines is 1. The molecule has 1 N–H and O–H groups in total. The topological polar surface area (TPSA) is 42.0 Å². The minimum absolute atomic E-state index is 0.183. The number of rotatable bonds is 2. The zero-order chi connectivity index (χ0) is 10.7. The van der Waals surface area contributed by atoms with Crippen LogP contribution in [0.2, 0.25) is 5.15 Å². The third-order valence-corrected chi connectivity index (χ3v) is 2.66. The maximum absolute atomic E-state index is 11.7. The normalized spacial score (nSPS) is 9.93. The van der Waals surface area contributed by atoms with E-state index in [4.69, 9.17) is 11.6 Å². The van der Waals surface area contributed by atoms with Gasteiger partial charge in [-0.2, -0.15) is 11.3 Å². The first-order chi connectivity index (χ1) is 7.25. The quantitative estimate of drug-likeness (QED) is 0.817. The monoisotopic (exact) mass is 238 g/mol. The van der Waals surface area contributed by atoms with Crippen molar-refractivity contribution < 1.29 is 4.79 Å². The van der Waals surface area contributed by atoms with Crippen molar-refractivity contribution in [3.8, 4) is 0 Å². The van der Waals surface area contributed by atoms with E-state index in [2.05, 4.69) is 10.3 Å². The van der Waals surface area contributed by atoms with E-state index in [9.17, 15) is 4.79 Å². The molecule has 2 rings (SSSR count). The minimum Gasteiger partial charge on any atom is -0.321 e. The van der Waals surface area contributed by atoms with Crippen LogP contribution in [0.15, 0.2) is 35.2 Å². The van der Waals surface area contributed by atoms with Gasteiger partial charge in [0.15, 0.2) is 0 Å². The third kappa shape index (κ3) is 2.55. The highest BCUT2D eigenvalue weighted by molar-refractivity contribution is 7.08. The van der Waals surface area contributed by atoms with Gasteiger partial charge in [-0.05, 0) is 23.6 Å². The maximum atomic E-state index is 11.7. The van der Waals surface area contributed by atoms with Crippen molar-refractivity contribution in [2.24, 2.45) is 0 Å². The lowest BCUT2D eigenvalue weighted by molar-refractivity contribution is 0.102. The van der Waals surface area contributed by atoms with Gasteiger partial charge in [0.05, 0.1) is 5.69 Å². The van der Waals surface area contributed by atoms with E-state index in [1.807, 2.05) is 16.8 Å². The molecule has 0 saturated heterocycles. The van der Waals surface area contributed by atoms with Gasteiger partial charge < -0.3 is 5.32 Å². The Balaban J connectivity index is 2.15. The number of nitrogens with one attached hydrogen (secondary N) is 1. The molecule has 0 fully saturated rings. The van der Waals surface area contributed by atoms with Crippen molar-refractivity contribution in [2.75, 3.05) is 5.32 Å². The van der Waals surface area contributed by atoms with Crippen LogP contribution in [0, 0.1) is 0 Å². The van der Waals surface area contributed by atoms with Crippen LogP contribution >= 0.6 is 22.9 Å². The Labute approximate surface area is 95.7 Å². The minimum atomic E-state index is -0.183.